The summed E-state index contributed by atoms with van der Waals surface area (Å²) in [6, 6.07) is 4.20. The molecule has 7 nitrogen and oxygen atoms in total. The summed E-state index contributed by atoms with van der Waals surface area (Å²) in [7, 11) is -3.63. The standard InChI is InChI=1S/C16H25FN4O3S/c1-3-18-16(21-8-6-14(22)11-21)19-7-9-25(23,24)20-13-5-4-12(2)15(17)10-13/h4-5,10,14,20,22H,3,6-9,11H2,1-2H3,(H,18,19)/t14-/m1/s1. The van der Waals surface area contributed by atoms with Crippen LogP contribution in [0.4, 0.5) is 10.1 Å². The molecule has 25 heavy (non-hydrogen) atoms. The molecule has 1 saturated heterocycles. The number of aliphatic hydroxyl groups excluding tert-OH is 1. The number of rotatable bonds is 6. The second-order valence-corrected chi connectivity index (χ2v) is 7.85. The van der Waals surface area contributed by atoms with Gasteiger partial charge < -0.3 is 15.3 Å². The van der Waals surface area contributed by atoms with Crippen LogP contribution < -0.4 is 10.0 Å². The molecule has 0 aromatic heterocycles. The van der Waals surface area contributed by atoms with Crippen LogP contribution >= 0.6 is 0 Å². The molecule has 0 saturated carbocycles. The first-order valence-corrected chi connectivity index (χ1v) is 9.94. The van der Waals surface area contributed by atoms with E-state index >= 15 is 0 Å². The van der Waals surface area contributed by atoms with Crippen LogP contribution in [0.5, 0.6) is 0 Å². The Morgan fingerprint density at radius 3 is 2.84 bits per heavy atom. The Morgan fingerprint density at radius 2 is 2.24 bits per heavy atom. The third-order valence-electron chi connectivity index (χ3n) is 3.86. The predicted molar refractivity (Wildman–Crippen MR) is 96.7 cm³/mol. The minimum absolute atomic E-state index is 0.0681. The number of aliphatic hydroxyl groups is 1. The molecule has 2 rings (SSSR count). The fourth-order valence-electron chi connectivity index (χ4n) is 2.52. The summed E-state index contributed by atoms with van der Waals surface area (Å²) in [4.78, 5) is 6.22. The van der Waals surface area contributed by atoms with E-state index < -0.39 is 15.8 Å². The van der Waals surface area contributed by atoms with Gasteiger partial charge in [0, 0.05) is 19.6 Å². The number of nitrogens with one attached hydrogen (secondary N) is 2. The molecule has 1 atom stereocenters. The van der Waals surface area contributed by atoms with Gasteiger partial charge in [0.2, 0.25) is 10.0 Å². The fourth-order valence-corrected chi connectivity index (χ4v) is 3.44. The van der Waals surface area contributed by atoms with Gasteiger partial charge in [-0.25, -0.2) is 12.8 Å². The molecule has 0 spiro atoms. The van der Waals surface area contributed by atoms with Crippen LogP contribution in [-0.4, -0.2) is 62.4 Å². The number of nitrogens with zero attached hydrogens (tertiary/aromatic N) is 2. The highest BCUT2D eigenvalue weighted by Gasteiger charge is 2.23. The van der Waals surface area contributed by atoms with Crippen molar-refractivity contribution in [2.45, 2.75) is 26.4 Å². The molecule has 1 fully saturated rings. The average Bonchev–Trinajstić information content (AvgIpc) is 2.96. The van der Waals surface area contributed by atoms with Crippen molar-refractivity contribution >= 4 is 21.7 Å². The normalized spacial score (nSPS) is 18.5. The summed E-state index contributed by atoms with van der Waals surface area (Å²) >= 11 is 0. The molecule has 1 aromatic carbocycles. The lowest BCUT2D eigenvalue weighted by molar-refractivity contribution is 0.188. The van der Waals surface area contributed by atoms with Crippen LogP contribution in [-0.2, 0) is 10.0 Å². The molecule has 1 aliphatic heterocycles. The molecule has 0 aliphatic carbocycles. The number of anilines is 1. The molecule has 1 heterocycles. The van der Waals surface area contributed by atoms with E-state index in [2.05, 4.69) is 15.0 Å². The second kappa shape index (κ2) is 8.48. The summed E-state index contributed by atoms with van der Waals surface area (Å²) in [5, 5.41) is 12.7. The summed E-state index contributed by atoms with van der Waals surface area (Å²) in [6.45, 7) is 5.42. The van der Waals surface area contributed by atoms with Crippen molar-refractivity contribution in [3.63, 3.8) is 0 Å². The minimum atomic E-state index is -3.63. The van der Waals surface area contributed by atoms with Crippen LogP contribution in [0.3, 0.4) is 0 Å². The van der Waals surface area contributed by atoms with E-state index in [-0.39, 0.29) is 24.1 Å². The molecule has 1 aromatic rings. The van der Waals surface area contributed by atoms with Crippen LogP contribution in [0, 0.1) is 12.7 Å². The number of halogens is 1. The summed E-state index contributed by atoms with van der Waals surface area (Å²) < 4.78 is 40.1. The summed E-state index contributed by atoms with van der Waals surface area (Å²) in [5.74, 6) is -0.0794. The monoisotopic (exact) mass is 372 g/mol. The second-order valence-electron chi connectivity index (χ2n) is 6.01. The molecular weight excluding hydrogens is 347 g/mol. The number of aliphatic imine (C=N–C) groups is 1. The largest absolute Gasteiger partial charge is 0.391 e. The van der Waals surface area contributed by atoms with Crippen molar-refractivity contribution in [1.82, 2.24) is 10.2 Å². The Bertz CT molecular complexity index is 724. The van der Waals surface area contributed by atoms with E-state index in [0.717, 1.165) is 6.07 Å². The number of likely N-dealkylation sites (tertiary alicyclic amines) is 1. The lowest BCUT2D eigenvalue weighted by Crippen LogP contribution is -2.40. The van der Waals surface area contributed by atoms with Gasteiger partial charge in [-0.05, 0) is 38.0 Å². The number of hydrogen-bond acceptors (Lipinski definition) is 4. The van der Waals surface area contributed by atoms with Crippen LogP contribution in [0.15, 0.2) is 23.2 Å². The lowest BCUT2D eigenvalue weighted by Gasteiger charge is -2.20. The van der Waals surface area contributed by atoms with E-state index in [4.69, 9.17) is 0 Å². The van der Waals surface area contributed by atoms with Crippen molar-refractivity contribution in [3.8, 4) is 0 Å². The molecule has 3 N–H and O–H groups in total. The Balaban J connectivity index is 1.96. The topological polar surface area (TPSA) is 94.0 Å². The SMILES string of the molecule is CCNC(=NCCS(=O)(=O)Nc1ccc(C)c(F)c1)N1CC[C@@H](O)C1. The van der Waals surface area contributed by atoms with Crippen LogP contribution in [0.2, 0.25) is 0 Å². The van der Waals surface area contributed by atoms with Crippen molar-refractivity contribution in [1.29, 1.82) is 0 Å². The molecule has 0 unspecified atom stereocenters. The molecule has 0 radical (unpaired) electrons. The smallest absolute Gasteiger partial charge is 0.234 e. The first kappa shape index (κ1) is 19.5. The zero-order valence-corrected chi connectivity index (χ0v) is 15.3. The fraction of sp³-hybridized carbons (Fsp3) is 0.562. The summed E-state index contributed by atoms with van der Waals surface area (Å²) in [6.07, 6.45) is 0.286. The zero-order chi connectivity index (χ0) is 18.4. The van der Waals surface area contributed by atoms with Gasteiger partial charge in [0.25, 0.3) is 0 Å². The van der Waals surface area contributed by atoms with Gasteiger partial charge in [-0.3, -0.25) is 9.71 Å². The van der Waals surface area contributed by atoms with E-state index in [9.17, 15) is 17.9 Å². The van der Waals surface area contributed by atoms with Gasteiger partial charge in [0.1, 0.15) is 5.82 Å². The van der Waals surface area contributed by atoms with Gasteiger partial charge in [0.15, 0.2) is 5.96 Å². The van der Waals surface area contributed by atoms with Crippen molar-refractivity contribution < 1.29 is 17.9 Å². The van der Waals surface area contributed by atoms with E-state index in [1.165, 1.54) is 12.1 Å². The predicted octanol–water partition coefficient (Wildman–Crippen LogP) is 0.908. The highest BCUT2D eigenvalue weighted by Crippen LogP contribution is 2.15. The van der Waals surface area contributed by atoms with Crippen molar-refractivity contribution in [2.24, 2.45) is 4.99 Å². The molecule has 0 bridgehead atoms. The summed E-state index contributed by atoms with van der Waals surface area (Å²) in [5.41, 5.74) is 0.650. The minimum Gasteiger partial charge on any atom is -0.391 e. The van der Waals surface area contributed by atoms with Gasteiger partial charge >= 0.3 is 0 Å². The van der Waals surface area contributed by atoms with E-state index in [1.807, 2.05) is 11.8 Å². The van der Waals surface area contributed by atoms with Gasteiger partial charge in [-0.2, -0.15) is 0 Å². The van der Waals surface area contributed by atoms with Gasteiger partial charge in [-0.1, -0.05) is 6.07 Å². The Labute approximate surface area is 148 Å². The number of guanidine groups is 1. The average molecular weight is 372 g/mol. The van der Waals surface area contributed by atoms with Crippen LogP contribution in [0.25, 0.3) is 0 Å². The van der Waals surface area contributed by atoms with Crippen molar-refractivity contribution in [2.75, 3.05) is 36.7 Å². The van der Waals surface area contributed by atoms with Gasteiger partial charge in [0.05, 0.1) is 24.1 Å². The maximum absolute atomic E-state index is 13.5. The molecular formula is C16H25FN4O3S. The Hall–Kier alpha value is -1.87. The number of β-amino-alcohol motifs (C(OH)–C–C–N with tert-alkyl or cyclic N) is 1. The number of hydrogen-bond donors (Lipinski definition) is 3. The third kappa shape index (κ3) is 5.86. The van der Waals surface area contributed by atoms with Gasteiger partial charge in [-0.15, -0.1) is 0 Å². The molecule has 9 heteroatoms. The number of sulfonamides is 1. The highest BCUT2D eigenvalue weighted by atomic mass is 32.2. The number of aryl methyl sites for hydroxylation is 1. The number of benzene rings is 1. The Morgan fingerprint density at radius 1 is 1.48 bits per heavy atom. The zero-order valence-electron chi connectivity index (χ0n) is 14.5. The first-order chi connectivity index (χ1) is 11.8. The molecule has 0 amide bonds. The third-order valence-corrected chi connectivity index (χ3v) is 5.13. The lowest BCUT2D eigenvalue weighted by atomic mass is 10.2. The Kier molecular flexibility index (Phi) is 6.60. The first-order valence-electron chi connectivity index (χ1n) is 8.28. The maximum atomic E-state index is 13.5. The highest BCUT2D eigenvalue weighted by molar-refractivity contribution is 7.92. The molecule has 140 valence electrons. The quantitative estimate of drug-likeness (QED) is 0.510. The van der Waals surface area contributed by atoms with E-state index in [1.54, 1.807) is 6.92 Å². The maximum Gasteiger partial charge on any atom is 0.234 e. The molecule has 1 aliphatic rings. The van der Waals surface area contributed by atoms with Crippen LogP contribution in [0.1, 0.15) is 18.9 Å². The van der Waals surface area contributed by atoms with Crippen molar-refractivity contribution in [3.05, 3.63) is 29.6 Å². The van der Waals surface area contributed by atoms with E-state index in [0.29, 0.717) is 37.6 Å².